The Morgan fingerprint density at radius 1 is 0.864 bits per heavy atom. The van der Waals surface area contributed by atoms with E-state index in [1.807, 2.05) is 47.4 Å². The molecule has 1 aliphatic heterocycles. The number of ether oxygens (including phenoxy) is 1. The molecule has 0 radical (unpaired) electrons. The fourth-order valence-electron chi connectivity index (χ4n) is 5.59. The topological polar surface area (TPSA) is 103 Å². The molecule has 0 spiro atoms. The number of benzene rings is 3. The molecule has 1 aromatic heterocycles. The van der Waals surface area contributed by atoms with E-state index < -0.39 is 34.9 Å². The first-order chi connectivity index (χ1) is 21.2. The highest BCUT2D eigenvalue weighted by molar-refractivity contribution is 5.89. The van der Waals surface area contributed by atoms with Crippen LogP contribution >= 0.6 is 0 Å². The van der Waals surface area contributed by atoms with Gasteiger partial charge in [0.05, 0.1) is 25.8 Å². The minimum absolute atomic E-state index is 0.101. The van der Waals surface area contributed by atoms with E-state index in [2.05, 4.69) is 4.90 Å². The Kier molecular flexibility index (Phi) is 9.36. The van der Waals surface area contributed by atoms with Gasteiger partial charge in [0.15, 0.2) is 0 Å². The number of methoxy groups -OCH3 is 1. The van der Waals surface area contributed by atoms with Crippen molar-refractivity contribution in [2.45, 2.75) is 32.6 Å². The smallest absolute Gasteiger partial charge is 0.337 e. The van der Waals surface area contributed by atoms with Crippen LogP contribution in [-0.2, 0) is 24.4 Å². The first-order valence-corrected chi connectivity index (χ1v) is 14.4. The van der Waals surface area contributed by atoms with Crippen LogP contribution in [0.15, 0.2) is 82.4 Å². The summed E-state index contributed by atoms with van der Waals surface area (Å²) in [4.78, 5) is 43.6. The highest BCUT2D eigenvalue weighted by atomic mass is 19.1. The first kappa shape index (κ1) is 30.8. The molecule has 1 unspecified atom stereocenters. The van der Waals surface area contributed by atoms with Crippen LogP contribution in [0.2, 0.25) is 0 Å². The lowest BCUT2D eigenvalue weighted by Gasteiger charge is -2.37. The van der Waals surface area contributed by atoms with Gasteiger partial charge < -0.3 is 15.4 Å². The van der Waals surface area contributed by atoms with Gasteiger partial charge in [0.2, 0.25) is 0 Å². The summed E-state index contributed by atoms with van der Waals surface area (Å²) >= 11 is 0. The second-order valence-corrected chi connectivity index (χ2v) is 10.9. The summed E-state index contributed by atoms with van der Waals surface area (Å²) in [6.07, 6.45) is 0. The normalized spacial score (nSPS) is 14.4. The summed E-state index contributed by atoms with van der Waals surface area (Å²) in [5.41, 5.74) is 7.90. The lowest BCUT2D eigenvalue weighted by atomic mass is 10.1. The molecule has 1 saturated heterocycles. The number of hydrogen-bond donors (Lipinski definition) is 1. The third-order valence-corrected chi connectivity index (χ3v) is 8.11. The summed E-state index contributed by atoms with van der Waals surface area (Å²) in [5, 5.41) is 0. The lowest BCUT2D eigenvalue weighted by Crippen LogP contribution is -2.51. The largest absolute Gasteiger partial charge is 0.465 e. The van der Waals surface area contributed by atoms with Crippen LogP contribution in [-0.4, -0.2) is 53.3 Å². The van der Waals surface area contributed by atoms with E-state index in [0.717, 1.165) is 27.8 Å². The molecule has 9 nitrogen and oxygen atoms in total. The maximum atomic E-state index is 14.7. The van der Waals surface area contributed by atoms with Gasteiger partial charge in [-0.25, -0.2) is 18.4 Å². The quantitative estimate of drug-likeness (QED) is 0.293. The molecule has 0 bridgehead atoms. The van der Waals surface area contributed by atoms with Crippen LogP contribution in [0.5, 0.6) is 0 Å². The SMILES string of the molecule is COC(=O)c1ccc(CN2CCN(c3c(C)n(Cc4c(F)cccc4F)c(=O)n(CC(N)c4ccccc4)c3=O)CC2)cc1. The summed E-state index contributed by atoms with van der Waals surface area (Å²) in [6, 6.07) is 19.3. The molecular weight excluding hydrogens is 568 g/mol. The number of anilines is 1. The first-order valence-electron chi connectivity index (χ1n) is 14.4. The maximum absolute atomic E-state index is 14.7. The van der Waals surface area contributed by atoms with Crippen molar-refractivity contribution < 1.29 is 18.3 Å². The van der Waals surface area contributed by atoms with Crippen LogP contribution in [0.4, 0.5) is 14.5 Å². The van der Waals surface area contributed by atoms with Crippen LogP contribution < -0.4 is 21.9 Å². The van der Waals surface area contributed by atoms with Crippen LogP contribution in [0.1, 0.15) is 38.8 Å². The number of esters is 1. The summed E-state index contributed by atoms with van der Waals surface area (Å²) in [6.45, 7) is 4.05. The molecule has 4 aromatic rings. The van der Waals surface area contributed by atoms with Crippen LogP contribution in [0.3, 0.4) is 0 Å². The fraction of sp³-hybridized carbons (Fsp3) is 0.303. The monoisotopic (exact) mass is 603 g/mol. The second-order valence-electron chi connectivity index (χ2n) is 10.9. The Labute approximate surface area is 253 Å². The van der Waals surface area contributed by atoms with E-state index in [-0.39, 0.29) is 18.7 Å². The minimum atomic E-state index is -0.773. The number of piperazine rings is 1. The summed E-state index contributed by atoms with van der Waals surface area (Å²) in [7, 11) is 1.34. The van der Waals surface area contributed by atoms with Crippen molar-refractivity contribution in [3.63, 3.8) is 0 Å². The number of aromatic nitrogens is 2. The van der Waals surface area contributed by atoms with E-state index in [1.54, 1.807) is 19.1 Å². The van der Waals surface area contributed by atoms with Gasteiger partial charge >= 0.3 is 11.7 Å². The third kappa shape index (κ3) is 6.48. The number of halogens is 2. The van der Waals surface area contributed by atoms with Crippen molar-refractivity contribution in [2.75, 3.05) is 38.2 Å². The van der Waals surface area contributed by atoms with Crippen molar-refractivity contribution in [3.8, 4) is 0 Å². The molecule has 230 valence electrons. The molecule has 1 atom stereocenters. The van der Waals surface area contributed by atoms with Gasteiger partial charge in [-0.15, -0.1) is 0 Å². The molecular formula is C33H35F2N5O4. The number of carbonyl (C=O) groups is 1. The molecule has 11 heteroatoms. The van der Waals surface area contributed by atoms with E-state index in [4.69, 9.17) is 10.5 Å². The number of nitrogens with two attached hydrogens (primary N) is 1. The Hall–Kier alpha value is -4.61. The fourth-order valence-corrected chi connectivity index (χ4v) is 5.59. The zero-order valence-electron chi connectivity index (χ0n) is 24.7. The molecule has 3 aromatic carbocycles. The minimum Gasteiger partial charge on any atom is -0.465 e. The zero-order valence-corrected chi connectivity index (χ0v) is 24.7. The van der Waals surface area contributed by atoms with Crippen molar-refractivity contribution in [1.82, 2.24) is 14.0 Å². The van der Waals surface area contributed by atoms with Gasteiger partial charge in [0.25, 0.3) is 5.56 Å². The highest BCUT2D eigenvalue weighted by Crippen LogP contribution is 2.21. The molecule has 1 aliphatic rings. The van der Waals surface area contributed by atoms with Gasteiger partial charge in [-0.2, -0.15) is 0 Å². The van der Waals surface area contributed by atoms with Gasteiger partial charge in [-0.05, 0) is 42.3 Å². The van der Waals surface area contributed by atoms with Gasteiger partial charge in [0, 0.05) is 50.0 Å². The molecule has 0 saturated carbocycles. The highest BCUT2D eigenvalue weighted by Gasteiger charge is 2.26. The molecule has 0 aliphatic carbocycles. The standard InChI is InChI=1S/C33H35F2N5O4/c1-22-30(38-17-15-37(16-18-38)19-23-11-13-25(14-12-23)32(42)44-2)31(41)40(21-29(36)24-7-4-3-5-8-24)33(43)39(22)20-26-27(34)9-6-10-28(26)35/h3-14,29H,15-21,36H2,1-2H3. The predicted molar refractivity (Wildman–Crippen MR) is 164 cm³/mol. The number of hydrogen-bond acceptors (Lipinski definition) is 7. The van der Waals surface area contributed by atoms with E-state index >= 15 is 0 Å². The summed E-state index contributed by atoms with van der Waals surface area (Å²) < 4.78 is 36.5. The Balaban J connectivity index is 1.44. The molecule has 5 rings (SSSR count). The van der Waals surface area contributed by atoms with Gasteiger partial charge in [-0.1, -0.05) is 48.5 Å². The summed E-state index contributed by atoms with van der Waals surface area (Å²) in [5.74, 6) is -1.94. The molecule has 2 heterocycles. The lowest BCUT2D eigenvalue weighted by molar-refractivity contribution is 0.0600. The number of rotatable bonds is 9. The number of carbonyl (C=O) groups excluding carboxylic acids is 1. The Morgan fingerprint density at radius 2 is 1.50 bits per heavy atom. The molecule has 0 amide bonds. The van der Waals surface area contributed by atoms with Crippen molar-refractivity contribution >= 4 is 11.7 Å². The van der Waals surface area contributed by atoms with Crippen molar-refractivity contribution in [1.29, 1.82) is 0 Å². The molecule has 1 fully saturated rings. The van der Waals surface area contributed by atoms with Crippen LogP contribution in [0.25, 0.3) is 0 Å². The molecule has 44 heavy (non-hydrogen) atoms. The predicted octanol–water partition coefficient (Wildman–Crippen LogP) is 3.45. The Bertz CT molecular complexity index is 1730. The van der Waals surface area contributed by atoms with E-state index in [0.29, 0.717) is 49.7 Å². The van der Waals surface area contributed by atoms with Crippen molar-refractivity contribution in [2.24, 2.45) is 5.73 Å². The Morgan fingerprint density at radius 3 is 2.11 bits per heavy atom. The maximum Gasteiger partial charge on any atom is 0.337 e. The number of nitrogens with zero attached hydrogens (tertiary/aromatic N) is 4. The van der Waals surface area contributed by atoms with E-state index in [1.165, 1.54) is 17.7 Å². The van der Waals surface area contributed by atoms with Gasteiger partial charge in [-0.3, -0.25) is 18.8 Å². The average Bonchev–Trinajstić information content (AvgIpc) is 3.03. The zero-order chi connectivity index (χ0) is 31.4. The van der Waals surface area contributed by atoms with Crippen molar-refractivity contribution in [3.05, 3.63) is 133 Å². The third-order valence-electron chi connectivity index (χ3n) is 8.11. The van der Waals surface area contributed by atoms with E-state index in [9.17, 15) is 23.2 Å². The van der Waals surface area contributed by atoms with Gasteiger partial charge in [0.1, 0.15) is 17.3 Å². The second kappa shape index (κ2) is 13.4. The average molecular weight is 604 g/mol. The van der Waals surface area contributed by atoms with Crippen LogP contribution in [0, 0.1) is 18.6 Å². The molecule has 2 N–H and O–H groups in total.